The molecule has 0 unspecified atom stereocenters. The fraction of sp³-hybridized carbons (Fsp3) is 0.357. The van der Waals surface area contributed by atoms with Gasteiger partial charge in [0, 0.05) is 12.3 Å². The maximum Gasteiger partial charge on any atom is 0.518 e. The van der Waals surface area contributed by atoms with Crippen molar-refractivity contribution in [2.75, 3.05) is 20.8 Å². The van der Waals surface area contributed by atoms with Crippen LogP contribution in [0.25, 0.3) is 10.8 Å². The minimum Gasteiger partial charge on any atom is -0.493 e. The van der Waals surface area contributed by atoms with E-state index in [0.29, 0.717) is 18.3 Å². The van der Waals surface area contributed by atoms with Gasteiger partial charge < -0.3 is 14.2 Å². The van der Waals surface area contributed by atoms with Crippen molar-refractivity contribution in [2.45, 2.75) is 13.8 Å². The van der Waals surface area contributed by atoms with Crippen molar-refractivity contribution in [3.05, 3.63) is 24.0 Å². The third kappa shape index (κ3) is 2.18. The predicted octanol–water partition coefficient (Wildman–Crippen LogP) is 3.44. The average Bonchev–Trinajstić information content (AvgIpc) is 2.38. The second-order valence-corrected chi connectivity index (χ2v) is 3.85. The van der Waals surface area contributed by atoms with Gasteiger partial charge in [-0.05, 0) is 19.1 Å². The predicted molar refractivity (Wildman–Crippen MR) is 69.6 cm³/mol. The summed E-state index contributed by atoms with van der Waals surface area (Å²) in [7, 11) is 3.21. The second kappa shape index (κ2) is 5.12. The number of hydrogen-bond donors (Lipinski definition) is 0. The first-order valence-electron chi connectivity index (χ1n) is 5.81. The van der Waals surface area contributed by atoms with Crippen molar-refractivity contribution in [1.29, 1.82) is 0 Å². The van der Waals surface area contributed by atoms with Crippen molar-refractivity contribution < 1.29 is 18.6 Å². The molecule has 0 radical (unpaired) electrons. The zero-order valence-corrected chi connectivity index (χ0v) is 11.1. The van der Waals surface area contributed by atoms with Gasteiger partial charge in [-0.15, -0.1) is 0 Å². The fourth-order valence-corrected chi connectivity index (χ4v) is 1.89. The van der Waals surface area contributed by atoms with Gasteiger partial charge in [-0.25, -0.2) is 0 Å². The van der Waals surface area contributed by atoms with Crippen LogP contribution in [0.5, 0.6) is 17.4 Å². The van der Waals surface area contributed by atoms with Crippen LogP contribution in [0.15, 0.2) is 22.6 Å². The summed E-state index contributed by atoms with van der Waals surface area (Å²) in [6.07, 6.45) is 0. The Hall–Kier alpha value is -1.97. The number of benzene rings is 1. The minimum atomic E-state index is 0.478. The lowest BCUT2D eigenvalue weighted by atomic mass is 10.1. The molecule has 0 bridgehead atoms. The average molecular weight is 249 g/mol. The van der Waals surface area contributed by atoms with E-state index >= 15 is 0 Å². The highest BCUT2D eigenvalue weighted by atomic mass is 16.6. The smallest absolute Gasteiger partial charge is 0.493 e. The van der Waals surface area contributed by atoms with E-state index in [0.717, 1.165) is 22.3 Å². The summed E-state index contributed by atoms with van der Waals surface area (Å²) in [5.41, 5.74) is 0. The van der Waals surface area contributed by atoms with Crippen LogP contribution in [-0.2, 0) is 0 Å². The SMILES string of the molecule is CCOc1cc2c(C)[o+]c(OC)cc2cc1OC. The molecule has 1 aromatic heterocycles. The summed E-state index contributed by atoms with van der Waals surface area (Å²) in [4.78, 5) is 0. The number of fused-ring (bicyclic) bond motifs is 1. The molecule has 0 aliphatic rings. The maximum atomic E-state index is 5.55. The number of hydrogen-bond acceptors (Lipinski definition) is 3. The molecule has 0 saturated carbocycles. The van der Waals surface area contributed by atoms with Crippen molar-refractivity contribution in [3.8, 4) is 17.4 Å². The van der Waals surface area contributed by atoms with Crippen LogP contribution in [0, 0.1) is 6.92 Å². The molecular formula is C14H17O4+. The second-order valence-electron chi connectivity index (χ2n) is 3.85. The minimum absolute atomic E-state index is 0.478. The number of ether oxygens (including phenoxy) is 3. The molecular weight excluding hydrogens is 232 g/mol. The number of methoxy groups -OCH3 is 2. The van der Waals surface area contributed by atoms with Crippen LogP contribution in [0.4, 0.5) is 0 Å². The van der Waals surface area contributed by atoms with Crippen molar-refractivity contribution in [2.24, 2.45) is 0 Å². The molecule has 0 spiro atoms. The van der Waals surface area contributed by atoms with Gasteiger partial charge in [0.15, 0.2) is 18.6 Å². The molecule has 96 valence electrons. The van der Waals surface area contributed by atoms with Gasteiger partial charge >= 0.3 is 5.95 Å². The Morgan fingerprint density at radius 1 is 1.06 bits per heavy atom. The van der Waals surface area contributed by atoms with Gasteiger partial charge in [0.2, 0.25) is 5.76 Å². The van der Waals surface area contributed by atoms with Gasteiger partial charge in [-0.1, -0.05) is 0 Å². The van der Waals surface area contributed by atoms with E-state index in [1.807, 2.05) is 32.0 Å². The molecule has 0 aliphatic heterocycles. The highest BCUT2D eigenvalue weighted by Gasteiger charge is 2.16. The van der Waals surface area contributed by atoms with Crippen molar-refractivity contribution >= 4 is 10.8 Å². The molecule has 2 aromatic rings. The van der Waals surface area contributed by atoms with E-state index in [1.54, 1.807) is 14.2 Å². The Balaban J connectivity index is 2.66. The molecule has 4 heteroatoms. The van der Waals surface area contributed by atoms with Crippen LogP contribution in [0.2, 0.25) is 0 Å². The van der Waals surface area contributed by atoms with E-state index in [9.17, 15) is 0 Å². The first-order chi connectivity index (χ1) is 8.69. The van der Waals surface area contributed by atoms with Crippen molar-refractivity contribution in [3.63, 3.8) is 0 Å². The van der Waals surface area contributed by atoms with Gasteiger partial charge in [0.05, 0.1) is 25.2 Å². The molecule has 0 saturated heterocycles. The monoisotopic (exact) mass is 249 g/mol. The Morgan fingerprint density at radius 2 is 1.83 bits per heavy atom. The summed E-state index contributed by atoms with van der Waals surface area (Å²) in [5.74, 6) is 2.69. The van der Waals surface area contributed by atoms with Gasteiger partial charge in [0.1, 0.15) is 0 Å². The van der Waals surface area contributed by atoms with Crippen molar-refractivity contribution in [1.82, 2.24) is 0 Å². The lowest BCUT2D eigenvalue weighted by molar-refractivity contribution is 0.291. The summed E-state index contributed by atoms with van der Waals surface area (Å²) < 4.78 is 21.5. The van der Waals surface area contributed by atoms with Crippen LogP contribution < -0.4 is 14.2 Å². The molecule has 0 atom stereocenters. The first kappa shape index (κ1) is 12.5. The molecule has 2 rings (SSSR count). The van der Waals surface area contributed by atoms with E-state index in [1.165, 1.54) is 0 Å². The molecule has 0 aliphatic carbocycles. The largest absolute Gasteiger partial charge is 0.518 e. The quantitative estimate of drug-likeness (QED) is 0.778. The molecule has 1 aromatic carbocycles. The zero-order chi connectivity index (χ0) is 13.1. The maximum absolute atomic E-state index is 5.55. The highest BCUT2D eigenvalue weighted by molar-refractivity contribution is 5.88. The molecule has 0 amide bonds. The lowest BCUT2D eigenvalue weighted by Crippen LogP contribution is -1.96. The number of aryl methyl sites for hydroxylation is 1. The Kier molecular flexibility index (Phi) is 3.55. The standard InChI is InChI=1S/C14H17O4/c1-5-17-13-8-11-9(2)18-14(16-4)7-10(11)6-12(13)15-3/h6-8H,5H2,1-4H3/q+1. The molecule has 1 heterocycles. The van der Waals surface area contributed by atoms with E-state index < -0.39 is 0 Å². The Morgan fingerprint density at radius 3 is 2.44 bits per heavy atom. The van der Waals surface area contributed by atoms with Gasteiger partial charge in [0.25, 0.3) is 0 Å². The Labute approximate surface area is 106 Å². The van der Waals surface area contributed by atoms with E-state index in [4.69, 9.17) is 18.6 Å². The van der Waals surface area contributed by atoms with Gasteiger partial charge in [-0.2, -0.15) is 0 Å². The van der Waals surface area contributed by atoms with Crippen LogP contribution >= 0.6 is 0 Å². The first-order valence-corrected chi connectivity index (χ1v) is 5.81. The number of rotatable bonds is 4. The van der Waals surface area contributed by atoms with Gasteiger partial charge in [-0.3, -0.25) is 4.42 Å². The summed E-state index contributed by atoms with van der Waals surface area (Å²) in [6, 6.07) is 5.68. The molecule has 0 fully saturated rings. The fourth-order valence-electron chi connectivity index (χ4n) is 1.89. The normalized spacial score (nSPS) is 10.4. The highest BCUT2D eigenvalue weighted by Crippen LogP contribution is 2.35. The van der Waals surface area contributed by atoms with Crippen LogP contribution in [-0.4, -0.2) is 20.8 Å². The van der Waals surface area contributed by atoms with E-state index in [-0.39, 0.29) is 0 Å². The molecule has 4 nitrogen and oxygen atoms in total. The van der Waals surface area contributed by atoms with Crippen LogP contribution in [0.1, 0.15) is 12.7 Å². The third-order valence-electron chi connectivity index (χ3n) is 2.74. The lowest BCUT2D eigenvalue weighted by Gasteiger charge is -2.10. The summed E-state index contributed by atoms with van der Waals surface area (Å²) in [6.45, 7) is 4.43. The topological polar surface area (TPSA) is 39.0 Å². The third-order valence-corrected chi connectivity index (χ3v) is 2.74. The molecule has 18 heavy (non-hydrogen) atoms. The van der Waals surface area contributed by atoms with Crippen LogP contribution in [0.3, 0.4) is 0 Å². The van der Waals surface area contributed by atoms with E-state index in [2.05, 4.69) is 0 Å². The molecule has 0 N–H and O–H groups in total. The zero-order valence-electron chi connectivity index (χ0n) is 11.1. The summed E-state index contributed by atoms with van der Waals surface area (Å²) in [5, 5.41) is 1.98. The Bertz CT molecular complexity index is 563. The summed E-state index contributed by atoms with van der Waals surface area (Å²) >= 11 is 0.